The standard InChI is InChI=1S/C24H30ClN5O2/c1-13(2)19-12-17(20-14(3)28-30(21(20)27-19)24(4,5)6)22(31)26-15-9-10-16(18(25)11-15)23(32)29(7)8/h9-13H,1-8H3,(H,26,31). The lowest BCUT2D eigenvalue weighted by molar-refractivity contribution is 0.0827. The number of benzene rings is 1. The SMILES string of the molecule is Cc1nn(C(C)(C)C)c2nc(C(C)C)cc(C(=O)Nc3ccc(C(=O)N(C)C)c(Cl)c3)c12. The van der Waals surface area contributed by atoms with E-state index in [-0.39, 0.29) is 28.3 Å². The largest absolute Gasteiger partial charge is 0.345 e. The molecule has 2 heterocycles. The van der Waals surface area contributed by atoms with Crippen molar-refractivity contribution in [2.24, 2.45) is 0 Å². The molecule has 1 N–H and O–H groups in total. The van der Waals surface area contributed by atoms with E-state index >= 15 is 0 Å². The number of aromatic nitrogens is 3. The highest BCUT2D eigenvalue weighted by atomic mass is 35.5. The van der Waals surface area contributed by atoms with E-state index in [1.54, 1.807) is 32.3 Å². The summed E-state index contributed by atoms with van der Waals surface area (Å²) in [5.74, 6) is -0.338. The molecule has 0 aliphatic rings. The average Bonchev–Trinajstić information content (AvgIpc) is 3.04. The molecule has 2 amide bonds. The first-order chi connectivity index (χ1) is 14.8. The lowest BCUT2D eigenvalue weighted by Gasteiger charge is -2.20. The molecule has 0 saturated carbocycles. The third-order valence-corrected chi connectivity index (χ3v) is 5.48. The molecule has 32 heavy (non-hydrogen) atoms. The van der Waals surface area contributed by atoms with Crippen LogP contribution in [0.15, 0.2) is 24.3 Å². The molecule has 0 bridgehead atoms. The monoisotopic (exact) mass is 455 g/mol. The summed E-state index contributed by atoms with van der Waals surface area (Å²) in [5, 5.41) is 8.61. The van der Waals surface area contributed by atoms with Crippen LogP contribution < -0.4 is 5.32 Å². The molecular formula is C24H30ClN5O2. The van der Waals surface area contributed by atoms with E-state index in [0.717, 1.165) is 16.8 Å². The van der Waals surface area contributed by atoms with Crippen molar-refractivity contribution < 1.29 is 9.59 Å². The summed E-state index contributed by atoms with van der Waals surface area (Å²) in [4.78, 5) is 31.9. The summed E-state index contributed by atoms with van der Waals surface area (Å²) >= 11 is 6.32. The minimum Gasteiger partial charge on any atom is -0.345 e. The van der Waals surface area contributed by atoms with E-state index in [4.69, 9.17) is 16.6 Å². The smallest absolute Gasteiger partial charge is 0.256 e. The van der Waals surface area contributed by atoms with Gasteiger partial charge < -0.3 is 10.2 Å². The van der Waals surface area contributed by atoms with E-state index < -0.39 is 0 Å². The Morgan fingerprint density at radius 1 is 1.12 bits per heavy atom. The van der Waals surface area contributed by atoms with Gasteiger partial charge in [-0.15, -0.1) is 0 Å². The highest BCUT2D eigenvalue weighted by molar-refractivity contribution is 6.34. The lowest BCUT2D eigenvalue weighted by atomic mass is 10.0. The number of fused-ring (bicyclic) bond motifs is 1. The summed E-state index contributed by atoms with van der Waals surface area (Å²) in [5.41, 5.74) is 3.36. The van der Waals surface area contributed by atoms with Crippen molar-refractivity contribution in [3.63, 3.8) is 0 Å². The van der Waals surface area contributed by atoms with Crippen LogP contribution >= 0.6 is 11.6 Å². The summed E-state index contributed by atoms with van der Waals surface area (Å²) in [7, 11) is 3.32. The number of carbonyl (C=O) groups is 2. The van der Waals surface area contributed by atoms with Crippen LogP contribution in [0.1, 0.15) is 72.6 Å². The molecule has 3 aromatic rings. The first-order valence-electron chi connectivity index (χ1n) is 10.5. The van der Waals surface area contributed by atoms with Crippen LogP contribution in [0.5, 0.6) is 0 Å². The Hall–Kier alpha value is -2.93. The van der Waals surface area contributed by atoms with Gasteiger partial charge in [0.1, 0.15) is 0 Å². The number of halogens is 1. The second kappa shape index (κ2) is 8.54. The highest BCUT2D eigenvalue weighted by Gasteiger charge is 2.25. The molecule has 3 rings (SSSR count). The van der Waals surface area contributed by atoms with Gasteiger partial charge in [-0.3, -0.25) is 9.59 Å². The maximum atomic E-state index is 13.4. The molecule has 8 heteroatoms. The molecule has 0 saturated heterocycles. The highest BCUT2D eigenvalue weighted by Crippen LogP contribution is 2.30. The number of rotatable bonds is 4. The zero-order chi connectivity index (χ0) is 24.0. The fraction of sp³-hybridized carbons (Fsp3) is 0.417. The lowest BCUT2D eigenvalue weighted by Crippen LogP contribution is -2.24. The third-order valence-electron chi connectivity index (χ3n) is 5.17. The number of aryl methyl sites for hydroxylation is 1. The van der Waals surface area contributed by atoms with Gasteiger partial charge in [-0.05, 0) is 57.9 Å². The molecule has 0 aliphatic heterocycles. The Labute approximate surface area is 193 Å². The zero-order valence-electron chi connectivity index (χ0n) is 19.9. The molecule has 0 fully saturated rings. The van der Waals surface area contributed by atoms with Crippen LogP contribution in [-0.2, 0) is 5.54 Å². The van der Waals surface area contributed by atoms with E-state index in [1.807, 2.05) is 31.5 Å². The number of hydrogen-bond acceptors (Lipinski definition) is 4. The second-order valence-electron chi connectivity index (χ2n) is 9.46. The van der Waals surface area contributed by atoms with E-state index in [9.17, 15) is 9.59 Å². The van der Waals surface area contributed by atoms with Gasteiger partial charge in [0.05, 0.1) is 32.8 Å². The molecule has 7 nitrogen and oxygen atoms in total. The molecule has 0 atom stereocenters. The molecule has 0 radical (unpaired) electrons. The van der Waals surface area contributed by atoms with Crippen molar-refractivity contribution in [3.8, 4) is 0 Å². The molecule has 1 aromatic carbocycles. The molecule has 170 valence electrons. The van der Waals surface area contributed by atoms with Gasteiger partial charge in [-0.25, -0.2) is 9.67 Å². The third kappa shape index (κ3) is 4.48. The first-order valence-corrected chi connectivity index (χ1v) is 10.9. The Morgan fingerprint density at radius 2 is 1.78 bits per heavy atom. The van der Waals surface area contributed by atoms with Gasteiger partial charge in [-0.1, -0.05) is 25.4 Å². The van der Waals surface area contributed by atoms with Crippen molar-refractivity contribution >= 4 is 40.1 Å². The Morgan fingerprint density at radius 3 is 2.31 bits per heavy atom. The summed E-state index contributed by atoms with van der Waals surface area (Å²) < 4.78 is 1.87. The maximum absolute atomic E-state index is 13.4. The predicted molar refractivity (Wildman–Crippen MR) is 129 cm³/mol. The summed E-state index contributed by atoms with van der Waals surface area (Å²) in [6.45, 7) is 12.1. The van der Waals surface area contributed by atoms with Gasteiger partial charge in [0.2, 0.25) is 0 Å². The van der Waals surface area contributed by atoms with Crippen LogP contribution in [0, 0.1) is 6.92 Å². The van der Waals surface area contributed by atoms with Crippen molar-refractivity contribution in [3.05, 3.63) is 51.8 Å². The number of nitrogens with one attached hydrogen (secondary N) is 1. The molecule has 0 unspecified atom stereocenters. The van der Waals surface area contributed by atoms with Crippen LogP contribution in [0.3, 0.4) is 0 Å². The molecular weight excluding hydrogens is 426 g/mol. The molecule has 0 spiro atoms. The zero-order valence-corrected chi connectivity index (χ0v) is 20.6. The maximum Gasteiger partial charge on any atom is 0.256 e. The number of hydrogen-bond donors (Lipinski definition) is 1. The second-order valence-corrected chi connectivity index (χ2v) is 9.87. The number of amides is 2. The van der Waals surface area contributed by atoms with Crippen LogP contribution in [0.4, 0.5) is 5.69 Å². The van der Waals surface area contributed by atoms with Gasteiger partial charge in [0, 0.05) is 25.5 Å². The van der Waals surface area contributed by atoms with Crippen LogP contribution in [0.2, 0.25) is 5.02 Å². The minimum absolute atomic E-state index is 0.139. The Balaban J connectivity index is 2.07. The number of nitrogens with zero attached hydrogens (tertiary/aromatic N) is 4. The fourth-order valence-corrected chi connectivity index (χ4v) is 3.72. The van der Waals surface area contributed by atoms with Gasteiger partial charge in [0.15, 0.2) is 5.65 Å². The van der Waals surface area contributed by atoms with Gasteiger partial charge in [-0.2, -0.15) is 5.10 Å². The average molecular weight is 456 g/mol. The first kappa shape index (κ1) is 23.7. The quantitative estimate of drug-likeness (QED) is 0.584. The van der Waals surface area contributed by atoms with Crippen molar-refractivity contribution in [2.75, 3.05) is 19.4 Å². The molecule has 2 aromatic heterocycles. The van der Waals surface area contributed by atoms with E-state index in [2.05, 4.69) is 31.2 Å². The Bertz CT molecular complexity index is 1210. The topological polar surface area (TPSA) is 80.1 Å². The van der Waals surface area contributed by atoms with E-state index in [0.29, 0.717) is 22.5 Å². The van der Waals surface area contributed by atoms with Crippen molar-refractivity contribution in [2.45, 2.75) is 53.0 Å². The summed E-state index contributed by atoms with van der Waals surface area (Å²) in [6, 6.07) is 6.71. The number of carbonyl (C=O) groups excluding carboxylic acids is 2. The van der Waals surface area contributed by atoms with Crippen LogP contribution in [0.25, 0.3) is 11.0 Å². The van der Waals surface area contributed by atoms with Gasteiger partial charge in [0.25, 0.3) is 11.8 Å². The summed E-state index contributed by atoms with van der Waals surface area (Å²) in [6.07, 6.45) is 0. The number of anilines is 1. The fourth-order valence-electron chi connectivity index (χ4n) is 3.46. The number of pyridine rings is 1. The van der Waals surface area contributed by atoms with E-state index in [1.165, 1.54) is 4.90 Å². The Kier molecular flexibility index (Phi) is 6.33. The van der Waals surface area contributed by atoms with Gasteiger partial charge >= 0.3 is 0 Å². The van der Waals surface area contributed by atoms with Crippen molar-refractivity contribution in [1.82, 2.24) is 19.7 Å². The normalized spacial score (nSPS) is 11.8. The van der Waals surface area contributed by atoms with Crippen LogP contribution in [-0.4, -0.2) is 45.6 Å². The van der Waals surface area contributed by atoms with Crippen molar-refractivity contribution in [1.29, 1.82) is 0 Å². The minimum atomic E-state index is -0.287. The molecule has 0 aliphatic carbocycles. The predicted octanol–water partition coefficient (Wildman–Crippen LogP) is 5.23.